The number of hydrogen-bond acceptors (Lipinski definition) is 6. The SMILES string of the molecule is CCCCCCC/C=C/CCCCCCCCC(=O)OC(CCCP(=O)(O)OCC[N+]12CCC(CC1)CC2)COC(=O)CCCCCCCCCCCCCCCCC. The Bertz CT molecular complexity index is 1080. The van der Waals surface area contributed by atoms with Gasteiger partial charge in [-0.25, -0.2) is 0 Å². The van der Waals surface area contributed by atoms with Crippen molar-refractivity contribution in [1.82, 2.24) is 0 Å². The number of piperidine rings is 3. The van der Waals surface area contributed by atoms with Gasteiger partial charge in [-0.1, -0.05) is 167 Å². The lowest BCUT2D eigenvalue weighted by Gasteiger charge is -2.49. The van der Waals surface area contributed by atoms with E-state index in [2.05, 4.69) is 26.0 Å². The quantitative estimate of drug-likeness (QED) is 0.0215. The first kappa shape index (κ1) is 53.9. The Morgan fingerprint density at radius 3 is 1.51 bits per heavy atom. The molecule has 0 saturated carbocycles. The summed E-state index contributed by atoms with van der Waals surface area (Å²) in [6.07, 6.45) is 44.0. The van der Waals surface area contributed by atoms with Crippen molar-refractivity contribution in [1.29, 1.82) is 0 Å². The Balaban J connectivity index is 1.61. The second-order valence-corrected chi connectivity index (χ2v) is 20.6. The molecule has 9 heteroatoms. The second-order valence-electron chi connectivity index (χ2n) is 18.6. The highest BCUT2D eigenvalue weighted by Crippen LogP contribution is 2.43. The zero-order valence-corrected chi connectivity index (χ0v) is 39.7. The molecular weight excluding hydrogens is 758 g/mol. The van der Waals surface area contributed by atoms with Gasteiger partial charge in [0.1, 0.15) is 25.9 Å². The monoisotopic (exact) mass is 853 g/mol. The van der Waals surface area contributed by atoms with E-state index in [0.717, 1.165) is 81.5 Å². The van der Waals surface area contributed by atoms with Gasteiger partial charge >= 0.3 is 19.5 Å². The summed E-state index contributed by atoms with van der Waals surface area (Å²) < 4.78 is 31.0. The van der Waals surface area contributed by atoms with Gasteiger partial charge in [-0.3, -0.25) is 14.2 Å². The molecule has 2 bridgehead atoms. The van der Waals surface area contributed by atoms with Crippen molar-refractivity contribution in [3.05, 3.63) is 12.2 Å². The molecule has 0 aromatic carbocycles. The van der Waals surface area contributed by atoms with Crippen LogP contribution in [0.3, 0.4) is 0 Å². The van der Waals surface area contributed by atoms with Crippen molar-refractivity contribution >= 4 is 19.5 Å². The van der Waals surface area contributed by atoms with Crippen molar-refractivity contribution in [3.63, 3.8) is 0 Å². The van der Waals surface area contributed by atoms with Crippen LogP contribution in [-0.2, 0) is 28.2 Å². The lowest BCUT2D eigenvalue weighted by Crippen LogP contribution is -2.59. The van der Waals surface area contributed by atoms with Gasteiger partial charge in [-0.2, -0.15) is 0 Å². The standard InChI is InChI=1S/C50H94NO7P/c1-3-5-7-9-11-13-15-17-19-21-23-25-27-29-31-35-49(52)56-46-48(34-33-45-59(54,55)57-44-43-51-40-37-47(38-41-51)39-42-51)58-50(53)36-32-30-28-26-24-22-20-18-16-14-12-10-8-6-4-2/h16,18,47-48H,3-15,17,19-46H2,1-2H3/p+1/b18-16+. The van der Waals surface area contributed by atoms with Crippen LogP contribution in [0.2, 0.25) is 0 Å². The predicted molar refractivity (Wildman–Crippen MR) is 247 cm³/mol. The Hall–Kier alpha value is -1.21. The van der Waals surface area contributed by atoms with Gasteiger partial charge in [0.25, 0.3) is 0 Å². The summed E-state index contributed by atoms with van der Waals surface area (Å²) in [5.41, 5.74) is 0. The molecule has 2 atom stereocenters. The molecule has 346 valence electrons. The third-order valence-electron chi connectivity index (χ3n) is 13.2. The van der Waals surface area contributed by atoms with E-state index in [4.69, 9.17) is 14.0 Å². The molecule has 3 aliphatic rings. The number of quaternary nitrogens is 1. The molecule has 0 spiro atoms. The second kappa shape index (κ2) is 36.3. The summed E-state index contributed by atoms with van der Waals surface area (Å²) in [6, 6.07) is 0. The number of carbonyl (C=O) groups is 2. The van der Waals surface area contributed by atoms with Crippen LogP contribution >= 0.6 is 7.60 Å². The molecule has 2 unspecified atom stereocenters. The van der Waals surface area contributed by atoms with E-state index in [9.17, 15) is 19.0 Å². The molecule has 0 amide bonds. The Labute approximate surface area is 364 Å². The fourth-order valence-corrected chi connectivity index (χ4v) is 10.2. The zero-order valence-electron chi connectivity index (χ0n) is 38.8. The van der Waals surface area contributed by atoms with Crippen LogP contribution in [-0.4, -0.2) is 73.0 Å². The molecule has 0 radical (unpaired) electrons. The van der Waals surface area contributed by atoms with E-state index in [1.807, 2.05) is 0 Å². The van der Waals surface area contributed by atoms with E-state index in [1.165, 1.54) is 154 Å². The van der Waals surface area contributed by atoms with E-state index in [0.29, 0.717) is 32.3 Å². The first-order chi connectivity index (χ1) is 28.8. The lowest BCUT2D eigenvalue weighted by atomic mass is 9.86. The highest BCUT2D eigenvalue weighted by Gasteiger charge is 2.39. The van der Waals surface area contributed by atoms with Gasteiger partial charge in [0.2, 0.25) is 0 Å². The minimum atomic E-state index is -3.76. The zero-order chi connectivity index (χ0) is 42.5. The molecule has 3 heterocycles. The summed E-state index contributed by atoms with van der Waals surface area (Å²) in [7, 11) is -3.76. The van der Waals surface area contributed by atoms with Crippen molar-refractivity contribution in [2.45, 2.75) is 245 Å². The van der Waals surface area contributed by atoms with E-state index in [1.54, 1.807) is 0 Å². The van der Waals surface area contributed by atoms with Crippen molar-refractivity contribution < 1.29 is 37.5 Å². The van der Waals surface area contributed by atoms with Crippen LogP contribution in [0.4, 0.5) is 0 Å². The van der Waals surface area contributed by atoms with Gasteiger partial charge in [-0.15, -0.1) is 0 Å². The number of fused-ring (bicyclic) bond motifs is 3. The average Bonchev–Trinajstić information content (AvgIpc) is 3.23. The molecule has 59 heavy (non-hydrogen) atoms. The van der Waals surface area contributed by atoms with Crippen molar-refractivity contribution in [2.24, 2.45) is 5.92 Å². The lowest BCUT2D eigenvalue weighted by molar-refractivity contribution is -0.942. The van der Waals surface area contributed by atoms with Gasteiger partial charge in [0.05, 0.1) is 25.8 Å². The van der Waals surface area contributed by atoms with Crippen LogP contribution in [0.1, 0.15) is 239 Å². The number of esters is 2. The summed E-state index contributed by atoms with van der Waals surface area (Å²) in [6.45, 7) is 9.09. The van der Waals surface area contributed by atoms with Gasteiger partial charge in [0, 0.05) is 12.8 Å². The molecule has 3 saturated heterocycles. The third kappa shape index (κ3) is 30.5. The minimum Gasteiger partial charge on any atom is -0.462 e. The highest BCUT2D eigenvalue weighted by atomic mass is 31.2. The number of allylic oxidation sites excluding steroid dienone is 2. The first-order valence-corrected chi connectivity index (χ1v) is 27.4. The molecule has 3 rings (SSSR count). The minimum absolute atomic E-state index is 0.00499. The summed E-state index contributed by atoms with van der Waals surface area (Å²) in [4.78, 5) is 36.2. The van der Waals surface area contributed by atoms with E-state index >= 15 is 0 Å². The number of unbranched alkanes of at least 4 members (excludes halogenated alkanes) is 25. The molecule has 0 aromatic rings. The summed E-state index contributed by atoms with van der Waals surface area (Å²) >= 11 is 0. The van der Waals surface area contributed by atoms with Crippen LogP contribution in [0, 0.1) is 5.92 Å². The molecule has 8 nitrogen and oxygen atoms in total. The first-order valence-electron chi connectivity index (χ1n) is 25.6. The Morgan fingerprint density at radius 1 is 0.610 bits per heavy atom. The fourth-order valence-electron chi connectivity index (χ4n) is 9.09. The van der Waals surface area contributed by atoms with Gasteiger partial charge in [-0.05, 0) is 76.5 Å². The maximum atomic E-state index is 12.9. The maximum Gasteiger partial charge on any atom is 0.328 e. The number of rotatable bonds is 42. The molecule has 3 aliphatic heterocycles. The van der Waals surface area contributed by atoms with Gasteiger partial charge in [0.15, 0.2) is 0 Å². The molecular formula is C50H95NO7P+. The number of ether oxygens (including phenoxy) is 2. The normalized spacial score (nSPS) is 19.3. The average molecular weight is 853 g/mol. The number of nitrogens with zero attached hydrogens (tertiary/aromatic N) is 1. The summed E-state index contributed by atoms with van der Waals surface area (Å²) in [5, 5.41) is 0. The highest BCUT2D eigenvalue weighted by molar-refractivity contribution is 7.52. The van der Waals surface area contributed by atoms with Crippen LogP contribution < -0.4 is 0 Å². The fraction of sp³-hybridized carbons (Fsp3) is 0.920. The molecule has 0 aliphatic carbocycles. The largest absolute Gasteiger partial charge is 0.462 e. The summed E-state index contributed by atoms with van der Waals surface area (Å²) in [5.74, 6) is 0.331. The van der Waals surface area contributed by atoms with Crippen molar-refractivity contribution in [2.75, 3.05) is 45.6 Å². The molecule has 3 fully saturated rings. The number of hydrogen-bond donors (Lipinski definition) is 1. The van der Waals surface area contributed by atoms with Crippen LogP contribution in [0.15, 0.2) is 12.2 Å². The van der Waals surface area contributed by atoms with Crippen LogP contribution in [0.25, 0.3) is 0 Å². The topological polar surface area (TPSA) is 99.1 Å². The van der Waals surface area contributed by atoms with Crippen LogP contribution in [0.5, 0.6) is 0 Å². The van der Waals surface area contributed by atoms with E-state index in [-0.39, 0.29) is 24.7 Å². The molecule has 0 aromatic heterocycles. The predicted octanol–water partition coefficient (Wildman–Crippen LogP) is 14.4. The van der Waals surface area contributed by atoms with E-state index < -0.39 is 13.7 Å². The van der Waals surface area contributed by atoms with Crippen molar-refractivity contribution in [3.8, 4) is 0 Å². The Kier molecular flexibility index (Phi) is 33.2. The Morgan fingerprint density at radius 2 is 1.03 bits per heavy atom. The third-order valence-corrected chi connectivity index (χ3v) is 14.7. The number of carbonyl (C=O) groups excluding carboxylic acids is 2. The van der Waals surface area contributed by atoms with Gasteiger partial charge < -0.3 is 23.4 Å². The maximum absolute atomic E-state index is 12.9. The molecule has 1 N–H and O–H groups in total. The smallest absolute Gasteiger partial charge is 0.328 e.